The molecule has 1 N–H and O–H groups in total. The SMILES string of the molecule is CCc1cc(CO)cc(-n2ncc3ccccc32)n1. The van der Waals surface area contributed by atoms with E-state index in [1.165, 1.54) is 0 Å². The maximum absolute atomic E-state index is 9.34. The van der Waals surface area contributed by atoms with Gasteiger partial charge in [-0.25, -0.2) is 9.67 Å². The van der Waals surface area contributed by atoms with Crippen LogP contribution in [0.25, 0.3) is 16.7 Å². The number of aryl methyl sites for hydroxylation is 1. The summed E-state index contributed by atoms with van der Waals surface area (Å²) in [4.78, 5) is 4.58. The van der Waals surface area contributed by atoms with Crippen LogP contribution in [0.1, 0.15) is 18.2 Å². The minimum Gasteiger partial charge on any atom is -0.392 e. The summed E-state index contributed by atoms with van der Waals surface area (Å²) in [7, 11) is 0. The second-order valence-corrected chi connectivity index (χ2v) is 4.45. The number of hydrogen-bond acceptors (Lipinski definition) is 3. The van der Waals surface area contributed by atoms with Crippen molar-refractivity contribution in [3.8, 4) is 5.82 Å². The van der Waals surface area contributed by atoms with Gasteiger partial charge < -0.3 is 5.11 Å². The third-order valence-corrected chi connectivity index (χ3v) is 3.16. The molecule has 1 aromatic carbocycles. The molecular weight excluding hydrogens is 238 g/mol. The van der Waals surface area contributed by atoms with Gasteiger partial charge in [-0.15, -0.1) is 0 Å². The Morgan fingerprint density at radius 2 is 2.05 bits per heavy atom. The van der Waals surface area contributed by atoms with E-state index < -0.39 is 0 Å². The molecule has 3 rings (SSSR count). The van der Waals surface area contributed by atoms with Crippen LogP contribution in [-0.4, -0.2) is 19.9 Å². The van der Waals surface area contributed by atoms with Crippen LogP contribution >= 0.6 is 0 Å². The minimum absolute atomic E-state index is 0.0156. The summed E-state index contributed by atoms with van der Waals surface area (Å²) >= 11 is 0. The Labute approximate surface area is 111 Å². The molecule has 0 spiro atoms. The van der Waals surface area contributed by atoms with Crippen LogP contribution in [0, 0.1) is 0 Å². The van der Waals surface area contributed by atoms with Crippen molar-refractivity contribution >= 4 is 10.9 Å². The van der Waals surface area contributed by atoms with Crippen molar-refractivity contribution in [2.75, 3.05) is 0 Å². The first-order valence-corrected chi connectivity index (χ1v) is 6.35. The number of fused-ring (bicyclic) bond motifs is 1. The van der Waals surface area contributed by atoms with Crippen LogP contribution in [0.2, 0.25) is 0 Å². The summed E-state index contributed by atoms with van der Waals surface area (Å²) < 4.78 is 1.81. The van der Waals surface area contributed by atoms with Gasteiger partial charge in [-0.1, -0.05) is 25.1 Å². The number of aliphatic hydroxyl groups is 1. The van der Waals surface area contributed by atoms with E-state index >= 15 is 0 Å². The average Bonchev–Trinajstić information content (AvgIpc) is 2.90. The lowest BCUT2D eigenvalue weighted by Gasteiger charge is -2.07. The molecule has 0 saturated heterocycles. The molecule has 2 heterocycles. The van der Waals surface area contributed by atoms with Gasteiger partial charge in [0, 0.05) is 11.1 Å². The highest BCUT2D eigenvalue weighted by Crippen LogP contribution is 2.18. The Balaban J connectivity index is 2.20. The summed E-state index contributed by atoms with van der Waals surface area (Å²) in [5, 5.41) is 14.8. The zero-order valence-corrected chi connectivity index (χ0v) is 10.7. The van der Waals surface area contributed by atoms with Crippen LogP contribution in [0.3, 0.4) is 0 Å². The second kappa shape index (κ2) is 4.82. The first-order chi connectivity index (χ1) is 9.31. The summed E-state index contributed by atoms with van der Waals surface area (Å²) in [6.07, 6.45) is 2.66. The molecule has 0 aliphatic heterocycles. The number of rotatable bonds is 3. The Hall–Kier alpha value is -2.20. The molecule has 4 heteroatoms. The molecule has 0 aliphatic carbocycles. The highest BCUT2D eigenvalue weighted by atomic mass is 16.3. The predicted molar refractivity (Wildman–Crippen MR) is 74.2 cm³/mol. The average molecular weight is 253 g/mol. The Bertz CT molecular complexity index is 696. The summed E-state index contributed by atoms with van der Waals surface area (Å²) in [6.45, 7) is 2.07. The largest absolute Gasteiger partial charge is 0.392 e. The molecule has 0 radical (unpaired) electrons. The van der Waals surface area contributed by atoms with Gasteiger partial charge in [-0.2, -0.15) is 5.10 Å². The second-order valence-electron chi connectivity index (χ2n) is 4.45. The lowest BCUT2D eigenvalue weighted by molar-refractivity contribution is 0.281. The molecule has 19 heavy (non-hydrogen) atoms. The number of benzene rings is 1. The van der Waals surface area contributed by atoms with Gasteiger partial charge in [0.15, 0.2) is 5.82 Å². The van der Waals surface area contributed by atoms with Gasteiger partial charge in [-0.05, 0) is 30.2 Å². The quantitative estimate of drug-likeness (QED) is 0.780. The molecule has 4 nitrogen and oxygen atoms in total. The van der Waals surface area contributed by atoms with Gasteiger partial charge in [-0.3, -0.25) is 0 Å². The molecule has 0 bridgehead atoms. The highest BCUT2D eigenvalue weighted by molar-refractivity contribution is 5.79. The number of pyridine rings is 1. The van der Waals surface area contributed by atoms with E-state index in [9.17, 15) is 5.11 Å². The van der Waals surface area contributed by atoms with E-state index in [4.69, 9.17) is 0 Å². The standard InChI is InChI=1S/C15H15N3O/c1-2-13-7-11(10-19)8-15(17-13)18-14-6-4-3-5-12(14)9-16-18/h3-9,19H,2,10H2,1H3. The third-order valence-electron chi connectivity index (χ3n) is 3.16. The van der Waals surface area contributed by atoms with E-state index in [1.807, 2.05) is 47.3 Å². The van der Waals surface area contributed by atoms with Crippen LogP contribution < -0.4 is 0 Å². The summed E-state index contributed by atoms with van der Waals surface area (Å²) in [5.74, 6) is 0.754. The van der Waals surface area contributed by atoms with Crippen LogP contribution in [-0.2, 0) is 13.0 Å². The molecule has 96 valence electrons. The predicted octanol–water partition coefficient (Wildman–Crippen LogP) is 2.48. The Kier molecular flexibility index (Phi) is 3.01. The molecule has 3 aromatic rings. The maximum atomic E-state index is 9.34. The molecule has 0 fully saturated rings. The van der Waals surface area contributed by atoms with Crippen molar-refractivity contribution in [1.29, 1.82) is 0 Å². The third kappa shape index (κ3) is 2.11. The molecule has 2 aromatic heterocycles. The fourth-order valence-electron chi connectivity index (χ4n) is 2.17. The van der Waals surface area contributed by atoms with Crippen molar-refractivity contribution in [1.82, 2.24) is 14.8 Å². The van der Waals surface area contributed by atoms with Crippen LogP contribution in [0.5, 0.6) is 0 Å². The highest BCUT2D eigenvalue weighted by Gasteiger charge is 2.07. The van der Waals surface area contributed by atoms with Crippen molar-refractivity contribution in [2.24, 2.45) is 0 Å². The van der Waals surface area contributed by atoms with Gasteiger partial charge in [0.2, 0.25) is 0 Å². The number of nitrogens with zero attached hydrogens (tertiary/aromatic N) is 3. The first kappa shape index (κ1) is 11.9. The van der Waals surface area contributed by atoms with Gasteiger partial charge in [0.1, 0.15) is 0 Å². The number of aromatic nitrogens is 3. The number of para-hydroxylation sites is 1. The van der Waals surface area contributed by atoms with E-state index in [0.717, 1.165) is 34.4 Å². The van der Waals surface area contributed by atoms with Gasteiger partial charge in [0.25, 0.3) is 0 Å². The van der Waals surface area contributed by atoms with Crippen molar-refractivity contribution in [3.05, 3.63) is 53.9 Å². The van der Waals surface area contributed by atoms with E-state index in [2.05, 4.69) is 17.0 Å². The molecule has 0 saturated carbocycles. The Morgan fingerprint density at radius 1 is 1.21 bits per heavy atom. The lowest BCUT2D eigenvalue weighted by atomic mass is 10.2. The smallest absolute Gasteiger partial charge is 0.154 e. The van der Waals surface area contributed by atoms with Crippen molar-refractivity contribution < 1.29 is 5.11 Å². The molecule has 0 amide bonds. The van der Waals surface area contributed by atoms with Crippen molar-refractivity contribution in [2.45, 2.75) is 20.0 Å². The molecular formula is C15H15N3O. The van der Waals surface area contributed by atoms with Gasteiger partial charge in [0.05, 0.1) is 18.3 Å². The summed E-state index contributed by atoms with van der Waals surface area (Å²) in [5.41, 5.74) is 2.84. The van der Waals surface area contributed by atoms with E-state index in [1.54, 1.807) is 0 Å². The van der Waals surface area contributed by atoms with Gasteiger partial charge >= 0.3 is 0 Å². The topological polar surface area (TPSA) is 50.9 Å². The van der Waals surface area contributed by atoms with E-state index in [0.29, 0.717) is 0 Å². The monoisotopic (exact) mass is 253 g/mol. The molecule has 0 unspecified atom stereocenters. The normalized spacial score (nSPS) is 11.1. The van der Waals surface area contributed by atoms with E-state index in [-0.39, 0.29) is 6.61 Å². The number of aliphatic hydroxyl groups excluding tert-OH is 1. The van der Waals surface area contributed by atoms with Crippen LogP contribution in [0.4, 0.5) is 0 Å². The molecule has 0 atom stereocenters. The summed E-state index contributed by atoms with van der Waals surface area (Å²) in [6, 6.07) is 11.8. The first-order valence-electron chi connectivity index (χ1n) is 6.35. The minimum atomic E-state index is 0.0156. The van der Waals surface area contributed by atoms with Crippen LogP contribution in [0.15, 0.2) is 42.6 Å². The maximum Gasteiger partial charge on any atom is 0.154 e. The molecule has 0 aliphatic rings. The Morgan fingerprint density at radius 3 is 2.84 bits per heavy atom. The lowest BCUT2D eigenvalue weighted by Crippen LogP contribution is -2.03. The fraction of sp³-hybridized carbons (Fsp3) is 0.200. The fourth-order valence-corrected chi connectivity index (χ4v) is 2.17. The van der Waals surface area contributed by atoms with Crippen molar-refractivity contribution in [3.63, 3.8) is 0 Å². The number of hydrogen-bond donors (Lipinski definition) is 1. The zero-order chi connectivity index (χ0) is 13.2. The zero-order valence-electron chi connectivity index (χ0n) is 10.7.